The molecule has 1 aromatic carbocycles. The summed E-state index contributed by atoms with van der Waals surface area (Å²) in [6.07, 6.45) is 3.02. The standard InChI is InChI=1S/C21H28N4O2/c22-9-8-21(14-24(15-21)20(26)27)25-10-6-16(7-11-25)13-23-19-12-18(19)17-4-2-1-3-5-17/h1-5,16,18-19,23H,6-8,10-15H2,(H,26,27)/t18-,19+/m0/s1. The van der Waals surface area contributed by atoms with Gasteiger partial charge in [0.25, 0.3) is 0 Å². The van der Waals surface area contributed by atoms with Gasteiger partial charge in [0, 0.05) is 25.0 Å². The van der Waals surface area contributed by atoms with Crippen molar-refractivity contribution in [1.29, 1.82) is 5.26 Å². The molecule has 27 heavy (non-hydrogen) atoms. The summed E-state index contributed by atoms with van der Waals surface area (Å²) < 4.78 is 0. The molecule has 2 heterocycles. The molecule has 1 aromatic rings. The van der Waals surface area contributed by atoms with Gasteiger partial charge in [-0.05, 0) is 50.4 Å². The molecule has 2 atom stereocenters. The first kappa shape index (κ1) is 18.3. The van der Waals surface area contributed by atoms with E-state index in [1.165, 1.54) is 16.9 Å². The highest BCUT2D eigenvalue weighted by molar-refractivity contribution is 5.66. The maximum absolute atomic E-state index is 11.1. The van der Waals surface area contributed by atoms with E-state index in [1.54, 1.807) is 0 Å². The van der Waals surface area contributed by atoms with Crippen molar-refractivity contribution in [3.63, 3.8) is 0 Å². The number of hydrogen-bond donors (Lipinski definition) is 2. The highest BCUT2D eigenvalue weighted by atomic mass is 16.4. The first-order chi connectivity index (χ1) is 13.1. The lowest BCUT2D eigenvalue weighted by Crippen LogP contribution is -2.71. The second-order valence-corrected chi connectivity index (χ2v) is 8.40. The molecule has 0 bridgehead atoms. The number of nitriles is 1. The van der Waals surface area contributed by atoms with Crippen LogP contribution in [0.1, 0.15) is 37.2 Å². The molecule has 6 nitrogen and oxygen atoms in total. The Labute approximate surface area is 160 Å². The summed E-state index contributed by atoms with van der Waals surface area (Å²) in [6.45, 7) is 3.94. The van der Waals surface area contributed by atoms with Crippen molar-refractivity contribution in [2.24, 2.45) is 5.92 Å². The molecule has 1 saturated carbocycles. The molecule has 0 unspecified atom stereocenters. The highest BCUT2D eigenvalue weighted by Crippen LogP contribution is 2.41. The van der Waals surface area contributed by atoms with Crippen molar-refractivity contribution < 1.29 is 9.90 Å². The Kier molecular flexibility index (Phi) is 5.07. The van der Waals surface area contributed by atoms with Crippen molar-refractivity contribution in [2.45, 2.75) is 43.2 Å². The van der Waals surface area contributed by atoms with Gasteiger partial charge in [-0.1, -0.05) is 30.3 Å². The fourth-order valence-electron chi connectivity index (χ4n) is 4.79. The van der Waals surface area contributed by atoms with E-state index in [1.807, 2.05) is 0 Å². The van der Waals surface area contributed by atoms with Crippen molar-refractivity contribution >= 4 is 6.09 Å². The number of hydrogen-bond acceptors (Lipinski definition) is 4. The number of nitrogens with zero attached hydrogens (tertiary/aromatic N) is 3. The zero-order valence-corrected chi connectivity index (χ0v) is 15.7. The van der Waals surface area contributed by atoms with Crippen LogP contribution in [-0.2, 0) is 0 Å². The molecular formula is C21H28N4O2. The predicted octanol–water partition coefficient (Wildman–Crippen LogP) is 2.49. The molecule has 2 N–H and O–H groups in total. The van der Waals surface area contributed by atoms with E-state index in [0.29, 0.717) is 37.4 Å². The third kappa shape index (κ3) is 3.80. The molecule has 3 aliphatic rings. The zero-order chi connectivity index (χ0) is 18.9. The maximum atomic E-state index is 11.1. The average Bonchev–Trinajstić information content (AvgIpc) is 3.43. The van der Waals surface area contributed by atoms with Crippen LogP contribution in [0, 0.1) is 17.2 Å². The third-order valence-electron chi connectivity index (χ3n) is 6.62. The Balaban J connectivity index is 1.22. The fraction of sp³-hybridized carbons (Fsp3) is 0.619. The Morgan fingerprint density at radius 3 is 2.59 bits per heavy atom. The highest BCUT2D eigenvalue weighted by Gasteiger charge is 2.50. The Bertz CT molecular complexity index is 703. The molecular weight excluding hydrogens is 340 g/mol. The number of nitrogens with one attached hydrogen (secondary N) is 1. The lowest BCUT2D eigenvalue weighted by Gasteiger charge is -2.55. The Hall–Kier alpha value is -2.10. The minimum absolute atomic E-state index is 0.250. The molecule has 6 heteroatoms. The van der Waals surface area contributed by atoms with Gasteiger partial charge < -0.3 is 15.3 Å². The quantitative estimate of drug-likeness (QED) is 0.806. The number of rotatable bonds is 6. The SMILES string of the molecule is N#CCC1(N2CCC(CN[C@@H]3C[C@H]3c3ccccc3)CC2)CN(C(=O)O)C1. The summed E-state index contributed by atoms with van der Waals surface area (Å²) in [5.41, 5.74) is 1.19. The first-order valence-electron chi connectivity index (χ1n) is 9.99. The largest absolute Gasteiger partial charge is 0.465 e. The first-order valence-corrected chi connectivity index (χ1v) is 9.99. The molecule has 144 valence electrons. The third-order valence-corrected chi connectivity index (χ3v) is 6.62. The van der Waals surface area contributed by atoms with E-state index < -0.39 is 6.09 Å². The van der Waals surface area contributed by atoms with Gasteiger partial charge in [-0.2, -0.15) is 5.26 Å². The van der Waals surface area contributed by atoms with E-state index in [-0.39, 0.29) is 5.54 Å². The van der Waals surface area contributed by atoms with Crippen LogP contribution in [0.5, 0.6) is 0 Å². The molecule has 1 aliphatic carbocycles. The van der Waals surface area contributed by atoms with Gasteiger partial charge >= 0.3 is 6.09 Å². The minimum atomic E-state index is -0.875. The molecule has 4 rings (SSSR count). The number of piperidine rings is 1. The summed E-state index contributed by atoms with van der Waals surface area (Å²) in [5, 5.41) is 22.1. The van der Waals surface area contributed by atoms with Crippen LogP contribution in [0.15, 0.2) is 30.3 Å². The van der Waals surface area contributed by atoms with Gasteiger partial charge in [0.05, 0.1) is 18.0 Å². The number of likely N-dealkylation sites (tertiary alicyclic amines) is 2. The second kappa shape index (κ2) is 7.49. The smallest absolute Gasteiger partial charge is 0.407 e. The maximum Gasteiger partial charge on any atom is 0.407 e. The molecule has 3 fully saturated rings. The van der Waals surface area contributed by atoms with Crippen molar-refractivity contribution in [3.05, 3.63) is 35.9 Å². The summed E-state index contributed by atoms with van der Waals surface area (Å²) in [4.78, 5) is 14.9. The number of benzene rings is 1. The predicted molar refractivity (Wildman–Crippen MR) is 102 cm³/mol. The molecule has 2 aliphatic heterocycles. The van der Waals surface area contributed by atoms with Gasteiger partial charge in [0.1, 0.15) is 0 Å². The van der Waals surface area contributed by atoms with Gasteiger partial charge in [-0.15, -0.1) is 0 Å². The van der Waals surface area contributed by atoms with Crippen molar-refractivity contribution in [2.75, 3.05) is 32.7 Å². The summed E-state index contributed by atoms with van der Waals surface area (Å²) >= 11 is 0. The molecule has 2 saturated heterocycles. The lowest BCUT2D eigenvalue weighted by molar-refractivity contribution is -0.0545. The van der Waals surface area contributed by atoms with Gasteiger partial charge in [-0.25, -0.2) is 4.79 Å². The van der Waals surface area contributed by atoms with Crippen molar-refractivity contribution in [3.8, 4) is 6.07 Å². The van der Waals surface area contributed by atoms with Gasteiger partial charge in [0.15, 0.2) is 0 Å². The fourth-order valence-corrected chi connectivity index (χ4v) is 4.79. The average molecular weight is 368 g/mol. The van der Waals surface area contributed by atoms with E-state index in [2.05, 4.69) is 46.6 Å². The van der Waals surface area contributed by atoms with Crippen LogP contribution < -0.4 is 5.32 Å². The minimum Gasteiger partial charge on any atom is -0.465 e. The number of carboxylic acid groups (broad SMARTS) is 1. The molecule has 0 spiro atoms. The van der Waals surface area contributed by atoms with E-state index in [0.717, 1.165) is 32.5 Å². The Morgan fingerprint density at radius 1 is 1.26 bits per heavy atom. The summed E-state index contributed by atoms with van der Waals surface area (Å²) in [7, 11) is 0. The van der Waals surface area contributed by atoms with Crippen LogP contribution in [-0.4, -0.2) is 65.3 Å². The molecule has 0 aromatic heterocycles. The number of carbonyl (C=O) groups is 1. The molecule has 0 radical (unpaired) electrons. The van der Waals surface area contributed by atoms with Crippen LogP contribution in [0.4, 0.5) is 4.79 Å². The van der Waals surface area contributed by atoms with Crippen LogP contribution in [0.3, 0.4) is 0 Å². The normalized spacial score (nSPS) is 27.6. The van der Waals surface area contributed by atoms with Crippen molar-refractivity contribution in [1.82, 2.24) is 15.1 Å². The van der Waals surface area contributed by atoms with E-state index in [4.69, 9.17) is 5.11 Å². The van der Waals surface area contributed by atoms with Gasteiger partial charge in [-0.3, -0.25) is 4.90 Å². The Morgan fingerprint density at radius 2 is 1.96 bits per heavy atom. The second-order valence-electron chi connectivity index (χ2n) is 8.40. The van der Waals surface area contributed by atoms with Gasteiger partial charge in [0.2, 0.25) is 0 Å². The van der Waals surface area contributed by atoms with Crippen LogP contribution in [0.2, 0.25) is 0 Å². The topological polar surface area (TPSA) is 79.6 Å². The lowest BCUT2D eigenvalue weighted by atomic mass is 9.82. The van der Waals surface area contributed by atoms with E-state index >= 15 is 0 Å². The number of amides is 1. The monoisotopic (exact) mass is 368 g/mol. The summed E-state index contributed by atoms with van der Waals surface area (Å²) in [5.74, 6) is 1.34. The van der Waals surface area contributed by atoms with Crippen LogP contribution in [0.25, 0.3) is 0 Å². The summed E-state index contributed by atoms with van der Waals surface area (Å²) in [6, 6.07) is 13.6. The van der Waals surface area contributed by atoms with E-state index in [9.17, 15) is 10.1 Å². The van der Waals surface area contributed by atoms with Crippen LogP contribution >= 0.6 is 0 Å². The zero-order valence-electron chi connectivity index (χ0n) is 15.7. The molecule has 1 amide bonds.